The molecule has 0 aliphatic carbocycles. The fourth-order valence-corrected chi connectivity index (χ4v) is 3.60. The summed E-state index contributed by atoms with van der Waals surface area (Å²) in [5, 5.41) is 25.6. The first-order valence-corrected chi connectivity index (χ1v) is 10.7. The molecule has 0 spiro atoms. The van der Waals surface area contributed by atoms with Crippen molar-refractivity contribution in [1.82, 2.24) is 29.7 Å². The number of ether oxygens (including phenoxy) is 1. The molecule has 196 valence electrons. The highest BCUT2D eigenvalue weighted by atomic mass is 19.4. The van der Waals surface area contributed by atoms with E-state index < -0.39 is 28.8 Å². The van der Waals surface area contributed by atoms with Gasteiger partial charge in [0.1, 0.15) is 28.5 Å². The van der Waals surface area contributed by atoms with E-state index >= 15 is 0 Å². The molecule has 15 heteroatoms. The molecule has 11 nitrogen and oxygen atoms in total. The van der Waals surface area contributed by atoms with Gasteiger partial charge in [-0.25, -0.2) is 9.37 Å². The van der Waals surface area contributed by atoms with Gasteiger partial charge < -0.3 is 35.2 Å². The maximum Gasteiger partial charge on any atom is 0.417 e. The lowest BCUT2D eigenvalue weighted by Crippen LogP contribution is -2.23. The lowest BCUT2D eigenvalue weighted by atomic mass is 10.2. The Balaban J connectivity index is 1.77. The molecule has 38 heavy (non-hydrogen) atoms. The van der Waals surface area contributed by atoms with Gasteiger partial charge in [0.05, 0.1) is 23.7 Å². The van der Waals surface area contributed by atoms with Gasteiger partial charge in [0.2, 0.25) is 5.95 Å². The fourth-order valence-electron chi connectivity index (χ4n) is 3.60. The van der Waals surface area contributed by atoms with Gasteiger partial charge in [0, 0.05) is 39.6 Å². The zero-order chi connectivity index (χ0) is 27.8. The largest absolute Gasteiger partial charge is 0.450 e. The fraction of sp³-hybridized carbons (Fsp3) is 0.174. The number of pyridine rings is 2. The predicted octanol–water partition coefficient (Wildman–Crippen LogP) is 3.06. The van der Waals surface area contributed by atoms with Crippen molar-refractivity contribution in [1.29, 1.82) is 10.7 Å². The number of hydrogen-bond acceptors (Lipinski definition) is 9. The lowest BCUT2D eigenvalue weighted by Gasteiger charge is -2.17. The second-order valence-corrected chi connectivity index (χ2v) is 7.93. The van der Waals surface area contributed by atoms with Crippen molar-refractivity contribution in [2.75, 3.05) is 12.4 Å². The van der Waals surface area contributed by atoms with Gasteiger partial charge in [-0.1, -0.05) is 0 Å². The monoisotopic (exact) mass is 529 g/mol. The number of rotatable bonds is 6. The first-order valence-electron chi connectivity index (χ1n) is 10.7. The lowest BCUT2D eigenvalue weighted by molar-refractivity contribution is -0.138. The van der Waals surface area contributed by atoms with Crippen LogP contribution in [-0.4, -0.2) is 32.4 Å². The molecule has 4 heterocycles. The van der Waals surface area contributed by atoms with E-state index in [2.05, 4.69) is 25.9 Å². The summed E-state index contributed by atoms with van der Waals surface area (Å²) in [4.78, 5) is 20.8. The van der Waals surface area contributed by atoms with Crippen LogP contribution in [0.5, 0.6) is 5.75 Å². The number of likely N-dealkylation sites (N-methyl/N-ethyl adjacent to an activating group) is 1. The smallest absolute Gasteiger partial charge is 0.417 e. The SMILES string of the molecule is CNC1=CN/C(=C(\C=N)Oc2cnc3nc(Nc4cc(C(F)(F)F)cn(C)c4=O)n(C)c3c2C#N)C(F)=C1. The Morgan fingerprint density at radius 1 is 1.34 bits per heavy atom. The Morgan fingerprint density at radius 3 is 2.68 bits per heavy atom. The summed E-state index contributed by atoms with van der Waals surface area (Å²) >= 11 is 0. The molecule has 0 radical (unpaired) electrons. The van der Waals surface area contributed by atoms with Crippen LogP contribution in [0.15, 0.2) is 58.5 Å². The molecule has 4 rings (SSSR count). The molecule has 0 bridgehead atoms. The van der Waals surface area contributed by atoms with E-state index in [9.17, 15) is 27.6 Å². The molecule has 0 unspecified atom stereocenters. The molecule has 3 aromatic rings. The topological polar surface area (TPSA) is 146 Å². The van der Waals surface area contributed by atoms with Crippen LogP contribution in [0.2, 0.25) is 0 Å². The Kier molecular flexibility index (Phi) is 6.64. The van der Waals surface area contributed by atoms with Crippen LogP contribution in [0.1, 0.15) is 11.1 Å². The van der Waals surface area contributed by atoms with Crippen molar-refractivity contribution in [2.45, 2.75) is 6.18 Å². The highest BCUT2D eigenvalue weighted by Gasteiger charge is 2.32. The number of fused-ring (bicyclic) bond motifs is 1. The highest BCUT2D eigenvalue weighted by molar-refractivity contribution is 5.85. The quantitative estimate of drug-likeness (QED) is 0.217. The van der Waals surface area contributed by atoms with Crippen LogP contribution >= 0.6 is 0 Å². The third-order valence-corrected chi connectivity index (χ3v) is 5.51. The summed E-state index contributed by atoms with van der Waals surface area (Å²) in [6, 6.07) is 2.61. The number of halogens is 4. The molecule has 3 aromatic heterocycles. The number of imidazole rings is 1. The second kappa shape index (κ2) is 9.73. The van der Waals surface area contributed by atoms with Crippen molar-refractivity contribution >= 4 is 29.0 Å². The summed E-state index contributed by atoms with van der Waals surface area (Å²) in [6.45, 7) is 0. The van der Waals surface area contributed by atoms with E-state index in [1.54, 1.807) is 7.05 Å². The number of hydrogen-bond donors (Lipinski definition) is 4. The Morgan fingerprint density at radius 2 is 2.08 bits per heavy atom. The first kappa shape index (κ1) is 25.9. The molecule has 4 N–H and O–H groups in total. The van der Waals surface area contributed by atoms with Gasteiger partial charge in [-0.15, -0.1) is 0 Å². The van der Waals surface area contributed by atoms with Gasteiger partial charge in [0.15, 0.2) is 23.0 Å². The van der Waals surface area contributed by atoms with Gasteiger partial charge >= 0.3 is 6.18 Å². The second-order valence-electron chi connectivity index (χ2n) is 7.93. The molecule has 1 aliphatic heterocycles. The molecule has 0 atom stereocenters. The molecular formula is C23H19F4N9O2. The van der Waals surface area contributed by atoms with Gasteiger partial charge in [-0.3, -0.25) is 4.79 Å². The Hall–Kier alpha value is -5.13. The number of dihydropyridines is 1. The van der Waals surface area contributed by atoms with Crippen LogP contribution < -0.4 is 26.2 Å². The van der Waals surface area contributed by atoms with Crippen molar-refractivity contribution in [3.63, 3.8) is 0 Å². The third-order valence-electron chi connectivity index (χ3n) is 5.51. The van der Waals surface area contributed by atoms with E-state index in [0.717, 1.165) is 17.0 Å². The minimum Gasteiger partial charge on any atom is -0.450 e. The van der Waals surface area contributed by atoms with E-state index in [0.29, 0.717) is 18.0 Å². The number of anilines is 2. The van der Waals surface area contributed by atoms with Gasteiger partial charge in [-0.05, 0) is 6.07 Å². The summed E-state index contributed by atoms with van der Waals surface area (Å²) < 4.78 is 62.1. The maximum absolute atomic E-state index is 14.6. The first-order chi connectivity index (χ1) is 18.0. The Bertz CT molecular complexity index is 1660. The molecule has 1 aliphatic rings. The molecule has 0 amide bonds. The van der Waals surface area contributed by atoms with E-state index in [1.165, 1.54) is 30.9 Å². The molecule has 0 aromatic carbocycles. The normalized spacial score (nSPS) is 14.7. The van der Waals surface area contributed by atoms with Crippen molar-refractivity contribution in [3.8, 4) is 11.8 Å². The number of alkyl halides is 3. The summed E-state index contributed by atoms with van der Waals surface area (Å²) in [6.07, 6.45) is 0.509. The zero-order valence-corrected chi connectivity index (χ0v) is 20.0. The number of aromatic nitrogens is 4. The third kappa shape index (κ3) is 4.66. The number of allylic oxidation sites excluding steroid dienone is 3. The highest BCUT2D eigenvalue weighted by Crippen LogP contribution is 2.32. The van der Waals surface area contributed by atoms with Crippen LogP contribution in [0, 0.1) is 16.7 Å². The van der Waals surface area contributed by atoms with Crippen molar-refractivity contribution in [2.24, 2.45) is 14.1 Å². The minimum atomic E-state index is -4.69. The molecule has 0 saturated heterocycles. The zero-order valence-electron chi connectivity index (χ0n) is 20.0. The molecular weight excluding hydrogens is 510 g/mol. The number of nitrogens with one attached hydrogen (secondary N) is 4. The number of nitrogens with zero attached hydrogens (tertiary/aromatic N) is 5. The summed E-state index contributed by atoms with van der Waals surface area (Å²) in [7, 11) is 4.23. The van der Waals surface area contributed by atoms with Crippen LogP contribution in [0.3, 0.4) is 0 Å². The van der Waals surface area contributed by atoms with E-state index in [1.807, 2.05) is 6.07 Å². The maximum atomic E-state index is 14.6. The van der Waals surface area contributed by atoms with E-state index in [4.69, 9.17) is 10.1 Å². The molecule has 0 fully saturated rings. The average Bonchev–Trinajstić information content (AvgIpc) is 3.19. The number of nitriles is 1. The van der Waals surface area contributed by atoms with Crippen LogP contribution in [0.4, 0.5) is 29.2 Å². The van der Waals surface area contributed by atoms with E-state index in [-0.39, 0.29) is 39.9 Å². The minimum absolute atomic E-state index is 0.0234. The van der Waals surface area contributed by atoms with Crippen LogP contribution in [0.25, 0.3) is 11.2 Å². The standard InChI is InChI=1S/C23H19F4N9O2/c1-30-12-5-14(24)18(31-8-12)16(7-29)38-17-9-32-20-19(13(17)6-28)36(3)22(34-20)33-15-4-11(23(25,26)27)10-35(2)21(15)37/h4-5,7-10,29-31H,1-3H3,(H,32,33,34)/b18-16+,29-7?. The van der Waals surface area contributed by atoms with Crippen LogP contribution in [-0.2, 0) is 20.3 Å². The number of aryl methyl sites for hydroxylation is 2. The van der Waals surface area contributed by atoms with Crippen molar-refractivity contribution in [3.05, 3.63) is 75.2 Å². The van der Waals surface area contributed by atoms with Crippen molar-refractivity contribution < 1.29 is 22.3 Å². The predicted molar refractivity (Wildman–Crippen MR) is 129 cm³/mol. The summed E-state index contributed by atoms with van der Waals surface area (Å²) in [5.41, 5.74) is -1.85. The van der Waals surface area contributed by atoms with Gasteiger partial charge in [0.25, 0.3) is 5.56 Å². The molecule has 0 saturated carbocycles. The summed E-state index contributed by atoms with van der Waals surface area (Å²) in [5.74, 6) is -1.18. The average molecular weight is 529 g/mol. The van der Waals surface area contributed by atoms with Gasteiger partial charge in [-0.2, -0.15) is 23.4 Å². The Labute approximate surface area is 211 Å².